The summed E-state index contributed by atoms with van der Waals surface area (Å²) in [5.41, 5.74) is 9.46. The molecular formula is C31H41N7O5. The summed E-state index contributed by atoms with van der Waals surface area (Å²) < 4.78 is 13.0. The number of carboxylic acids is 1. The Kier molecular flexibility index (Phi) is 11.1. The minimum atomic E-state index is -0.858. The molecule has 4 aromatic rings. The standard InChI is InChI=1S/C31H41N7O5/c1-4-5-16-43-30-34-28(32)27-29(35-30)38(31(41)33-27)21-23-11-9-22(10-12-23)20-37(3)14-13-36(2)15-17-42-25-8-6-7-24(18-25)19-26(39)40/h6-12,18H,4-5,13-17,19-21H2,1-3H3,(H,33,41)(H,39,40)(H2,32,34,35). The summed E-state index contributed by atoms with van der Waals surface area (Å²) >= 11 is 0. The molecule has 0 aliphatic heterocycles. The predicted octanol–water partition coefficient (Wildman–Crippen LogP) is 3.00. The zero-order chi connectivity index (χ0) is 30.8. The SMILES string of the molecule is CCCCOc1nc(N)c2[nH]c(=O)n(Cc3ccc(CN(C)CCN(C)CCOc4cccc(CC(=O)O)c4)cc3)c2n1. The van der Waals surface area contributed by atoms with E-state index < -0.39 is 5.97 Å². The van der Waals surface area contributed by atoms with Crippen LogP contribution in [0.15, 0.2) is 53.3 Å². The van der Waals surface area contributed by atoms with Gasteiger partial charge in [-0.15, -0.1) is 0 Å². The van der Waals surface area contributed by atoms with Crippen molar-refractivity contribution in [2.24, 2.45) is 0 Å². The topological polar surface area (TPSA) is 152 Å². The molecule has 4 rings (SSSR count). The minimum Gasteiger partial charge on any atom is -0.492 e. The number of aromatic nitrogens is 4. The number of nitrogens with two attached hydrogens (primary N) is 1. The zero-order valence-electron chi connectivity index (χ0n) is 25.1. The van der Waals surface area contributed by atoms with E-state index in [0.29, 0.717) is 36.7 Å². The Morgan fingerprint density at radius 3 is 2.47 bits per heavy atom. The van der Waals surface area contributed by atoms with E-state index in [-0.39, 0.29) is 23.9 Å². The van der Waals surface area contributed by atoms with Crippen LogP contribution in [0.2, 0.25) is 0 Å². The van der Waals surface area contributed by atoms with Crippen LogP contribution in [0.25, 0.3) is 11.2 Å². The largest absolute Gasteiger partial charge is 0.492 e. The van der Waals surface area contributed by atoms with Crippen molar-refractivity contribution in [3.8, 4) is 11.8 Å². The van der Waals surface area contributed by atoms with Gasteiger partial charge in [0.05, 0.1) is 19.6 Å². The quantitative estimate of drug-likeness (QED) is 0.156. The molecule has 0 aliphatic carbocycles. The summed E-state index contributed by atoms with van der Waals surface area (Å²) in [5, 5.41) is 8.97. The van der Waals surface area contributed by atoms with Crippen molar-refractivity contribution in [2.75, 3.05) is 52.7 Å². The number of rotatable bonds is 17. The van der Waals surface area contributed by atoms with Gasteiger partial charge in [-0.25, -0.2) is 4.79 Å². The van der Waals surface area contributed by atoms with Gasteiger partial charge in [-0.05, 0) is 49.3 Å². The molecule has 0 saturated heterocycles. The van der Waals surface area contributed by atoms with Crippen LogP contribution in [-0.2, 0) is 24.3 Å². The monoisotopic (exact) mass is 591 g/mol. The number of unbranched alkanes of at least 4 members (excludes halogenated alkanes) is 1. The van der Waals surface area contributed by atoms with Crippen molar-refractivity contribution in [3.63, 3.8) is 0 Å². The fraction of sp³-hybridized carbons (Fsp3) is 0.419. The molecule has 2 aromatic carbocycles. The number of carbonyl (C=O) groups is 1. The molecule has 0 spiro atoms. The fourth-order valence-corrected chi connectivity index (χ4v) is 4.57. The van der Waals surface area contributed by atoms with E-state index in [9.17, 15) is 9.59 Å². The van der Waals surface area contributed by atoms with Crippen molar-refractivity contribution >= 4 is 23.0 Å². The number of benzene rings is 2. The summed E-state index contributed by atoms with van der Waals surface area (Å²) in [6, 6.07) is 15.6. The zero-order valence-corrected chi connectivity index (χ0v) is 25.1. The second kappa shape index (κ2) is 15.2. The van der Waals surface area contributed by atoms with E-state index in [2.05, 4.69) is 57.9 Å². The number of nitrogens with zero attached hydrogens (tertiary/aromatic N) is 5. The van der Waals surface area contributed by atoms with E-state index in [0.717, 1.165) is 50.1 Å². The molecule has 4 N–H and O–H groups in total. The summed E-state index contributed by atoms with van der Waals surface area (Å²) in [6.07, 6.45) is 1.85. The second-order valence-corrected chi connectivity index (χ2v) is 10.7. The molecule has 230 valence electrons. The third-order valence-corrected chi connectivity index (χ3v) is 7.03. The number of aliphatic carboxylic acids is 1. The minimum absolute atomic E-state index is 0.0168. The number of nitrogen functional groups attached to an aromatic ring is 1. The average Bonchev–Trinajstić information content (AvgIpc) is 3.28. The molecule has 2 heterocycles. The van der Waals surface area contributed by atoms with E-state index in [4.69, 9.17) is 20.3 Å². The number of anilines is 1. The van der Waals surface area contributed by atoms with Gasteiger partial charge in [0.15, 0.2) is 11.5 Å². The van der Waals surface area contributed by atoms with Crippen LogP contribution in [-0.4, -0.2) is 87.3 Å². The normalized spacial score (nSPS) is 11.5. The van der Waals surface area contributed by atoms with E-state index in [1.54, 1.807) is 16.7 Å². The Morgan fingerprint density at radius 2 is 1.72 bits per heavy atom. The first kappa shape index (κ1) is 31.5. The number of carboxylic acid groups (broad SMARTS) is 1. The summed E-state index contributed by atoms with van der Waals surface area (Å²) in [5.74, 6) is 0.00983. The Morgan fingerprint density at radius 1 is 0.977 bits per heavy atom. The molecular weight excluding hydrogens is 550 g/mol. The Labute approximate surface area is 251 Å². The molecule has 0 aliphatic rings. The van der Waals surface area contributed by atoms with Gasteiger partial charge in [-0.3, -0.25) is 9.36 Å². The van der Waals surface area contributed by atoms with E-state index in [1.807, 2.05) is 24.3 Å². The summed E-state index contributed by atoms with van der Waals surface area (Å²) in [6.45, 7) is 6.71. The van der Waals surface area contributed by atoms with Gasteiger partial charge in [0.2, 0.25) is 0 Å². The van der Waals surface area contributed by atoms with Gasteiger partial charge in [0.1, 0.15) is 17.9 Å². The van der Waals surface area contributed by atoms with Crippen molar-refractivity contribution in [2.45, 2.75) is 39.3 Å². The molecule has 0 saturated carbocycles. The first-order valence-electron chi connectivity index (χ1n) is 14.5. The van der Waals surface area contributed by atoms with Crippen LogP contribution >= 0.6 is 0 Å². The number of likely N-dealkylation sites (N-methyl/N-ethyl adjacent to an activating group) is 2. The lowest BCUT2D eigenvalue weighted by atomic mass is 10.1. The first-order valence-corrected chi connectivity index (χ1v) is 14.5. The lowest BCUT2D eigenvalue weighted by Crippen LogP contribution is -2.33. The van der Waals surface area contributed by atoms with Crippen LogP contribution in [0.5, 0.6) is 11.8 Å². The Balaban J connectivity index is 1.25. The van der Waals surface area contributed by atoms with Gasteiger partial charge in [0, 0.05) is 26.2 Å². The van der Waals surface area contributed by atoms with Crippen LogP contribution < -0.4 is 20.9 Å². The number of imidazole rings is 1. The number of ether oxygens (including phenoxy) is 2. The highest BCUT2D eigenvalue weighted by Crippen LogP contribution is 2.19. The van der Waals surface area contributed by atoms with Crippen LogP contribution in [0.3, 0.4) is 0 Å². The number of hydrogen-bond acceptors (Lipinski definition) is 9. The molecule has 0 fully saturated rings. The maximum absolute atomic E-state index is 12.7. The third-order valence-electron chi connectivity index (χ3n) is 7.03. The van der Waals surface area contributed by atoms with Gasteiger partial charge in [-0.1, -0.05) is 49.7 Å². The highest BCUT2D eigenvalue weighted by Gasteiger charge is 2.15. The molecule has 12 heteroatoms. The second-order valence-electron chi connectivity index (χ2n) is 10.7. The van der Waals surface area contributed by atoms with Crippen LogP contribution in [0.4, 0.5) is 5.82 Å². The van der Waals surface area contributed by atoms with Crippen molar-refractivity contribution in [3.05, 3.63) is 75.7 Å². The molecule has 0 radical (unpaired) electrons. The maximum Gasteiger partial charge on any atom is 0.328 e. The van der Waals surface area contributed by atoms with Crippen molar-refractivity contribution < 1.29 is 19.4 Å². The molecule has 0 atom stereocenters. The number of H-pyrrole nitrogens is 1. The molecule has 43 heavy (non-hydrogen) atoms. The molecule has 0 bridgehead atoms. The van der Waals surface area contributed by atoms with Crippen LogP contribution in [0, 0.1) is 0 Å². The average molecular weight is 592 g/mol. The van der Waals surface area contributed by atoms with Crippen LogP contribution in [0.1, 0.15) is 36.5 Å². The first-order chi connectivity index (χ1) is 20.7. The van der Waals surface area contributed by atoms with Gasteiger partial charge < -0.3 is 35.1 Å². The van der Waals surface area contributed by atoms with E-state index >= 15 is 0 Å². The predicted molar refractivity (Wildman–Crippen MR) is 166 cm³/mol. The fourth-order valence-electron chi connectivity index (χ4n) is 4.57. The van der Waals surface area contributed by atoms with Crippen molar-refractivity contribution in [1.29, 1.82) is 0 Å². The molecule has 0 unspecified atom stereocenters. The summed E-state index contributed by atoms with van der Waals surface area (Å²) in [4.78, 5) is 39.5. The molecule has 0 amide bonds. The summed E-state index contributed by atoms with van der Waals surface area (Å²) in [7, 11) is 4.14. The van der Waals surface area contributed by atoms with E-state index in [1.165, 1.54) is 5.56 Å². The van der Waals surface area contributed by atoms with Gasteiger partial charge in [0.25, 0.3) is 0 Å². The lowest BCUT2D eigenvalue weighted by Gasteiger charge is -2.22. The highest BCUT2D eigenvalue weighted by atomic mass is 16.5. The third kappa shape index (κ3) is 9.29. The number of aromatic amines is 1. The smallest absolute Gasteiger partial charge is 0.328 e. The molecule has 2 aromatic heterocycles. The Hall–Kier alpha value is -4.42. The highest BCUT2D eigenvalue weighted by molar-refractivity contribution is 5.82. The number of hydrogen-bond donors (Lipinski definition) is 3. The van der Waals surface area contributed by atoms with Crippen molar-refractivity contribution in [1.82, 2.24) is 29.3 Å². The lowest BCUT2D eigenvalue weighted by molar-refractivity contribution is -0.136. The number of fused-ring (bicyclic) bond motifs is 1. The number of nitrogens with one attached hydrogen (secondary N) is 1. The molecule has 12 nitrogen and oxygen atoms in total. The maximum atomic E-state index is 12.7. The van der Waals surface area contributed by atoms with Gasteiger partial charge >= 0.3 is 17.7 Å². The van der Waals surface area contributed by atoms with Gasteiger partial charge in [-0.2, -0.15) is 9.97 Å². The Bertz CT molecular complexity index is 1550.